The molecular formula is C45H71NO6. The minimum atomic E-state index is -0.401. The molecule has 0 unspecified atom stereocenters. The second kappa shape index (κ2) is 17.4. The molecule has 52 heavy (non-hydrogen) atoms. The molecule has 0 bridgehead atoms. The van der Waals surface area contributed by atoms with Crippen LogP contribution in [0.1, 0.15) is 181 Å². The van der Waals surface area contributed by atoms with Crippen molar-refractivity contribution in [2.24, 2.45) is 0 Å². The number of likely N-dealkylation sites (tertiary alicyclic amines) is 1. The van der Waals surface area contributed by atoms with Gasteiger partial charge in [0.05, 0.1) is 0 Å². The maximum atomic E-state index is 13.1. The number of ether oxygens (including phenoxy) is 2. The van der Waals surface area contributed by atoms with E-state index in [1.807, 2.05) is 6.07 Å². The molecular weight excluding hydrogens is 650 g/mol. The molecule has 292 valence electrons. The van der Waals surface area contributed by atoms with Crippen LogP contribution in [-0.2, 0) is 44.4 Å². The monoisotopic (exact) mass is 722 g/mol. The number of esters is 2. The molecule has 2 N–H and O–H groups in total. The van der Waals surface area contributed by atoms with Gasteiger partial charge in [-0.25, -0.2) is 0 Å². The fourth-order valence-electron chi connectivity index (χ4n) is 8.47. The maximum Gasteiger partial charge on any atom is 0.310 e. The van der Waals surface area contributed by atoms with E-state index < -0.39 is 5.41 Å². The number of aromatic hydroxyl groups is 2. The van der Waals surface area contributed by atoms with Crippen LogP contribution in [0.2, 0.25) is 0 Å². The molecule has 2 aromatic rings. The SMILES string of the molecule is CCCCc1cc(CCC(=O)OCCN2C(C)(C)CC(c3c(OC(=O)CC)cc(C(C)(C)C)c(O)c3C(C)(C)C)CC2(C)C)cc(CCCC)c1O. The number of phenols is 2. The number of carbonyl (C=O) groups is 2. The highest BCUT2D eigenvalue weighted by molar-refractivity contribution is 5.74. The van der Waals surface area contributed by atoms with Gasteiger partial charge in [0.15, 0.2) is 0 Å². The van der Waals surface area contributed by atoms with Gasteiger partial charge in [-0.2, -0.15) is 0 Å². The van der Waals surface area contributed by atoms with E-state index in [4.69, 9.17) is 9.47 Å². The van der Waals surface area contributed by atoms with Crippen LogP contribution >= 0.6 is 0 Å². The Morgan fingerprint density at radius 2 is 1.33 bits per heavy atom. The zero-order valence-electron chi connectivity index (χ0n) is 35.0. The Morgan fingerprint density at radius 1 is 0.788 bits per heavy atom. The lowest BCUT2D eigenvalue weighted by molar-refractivity contribution is -0.146. The average molecular weight is 722 g/mol. The Bertz CT molecular complexity index is 1490. The number of carbonyl (C=O) groups excluding carboxylic acids is 2. The first kappa shape index (κ1) is 43.3. The molecule has 7 nitrogen and oxygen atoms in total. The van der Waals surface area contributed by atoms with Gasteiger partial charge in [-0.1, -0.05) is 87.3 Å². The fourth-order valence-corrected chi connectivity index (χ4v) is 8.47. The third-order valence-electron chi connectivity index (χ3n) is 10.9. The van der Waals surface area contributed by atoms with Gasteiger partial charge >= 0.3 is 11.9 Å². The van der Waals surface area contributed by atoms with Crippen LogP contribution in [0.15, 0.2) is 18.2 Å². The summed E-state index contributed by atoms with van der Waals surface area (Å²) in [6, 6.07) is 6.04. The Balaban J connectivity index is 1.81. The van der Waals surface area contributed by atoms with E-state index in [0.717, 1.165) is 84.7 Å². The number of nitrogens with zero attached hydrogens (tertiary/aromatic N) is 1. The zero-order valence-corrected chi connectivity index (χ0v) is 35.0. The van der Waals surface area contributed by atoms with E-state index in [2.05, 4.69) is 100 Å². The largest absolute Gasteiger partial charge is 0.507 e. The average Bonchev–Trinajstić information content (AvgIpc) is 3.02. The summed E-state index contributed by atoms with van der Waals surface area (Å²) in [6.07, 6.45) is 8.55. The summed E-state index contributed by atoms with van der Waals surface area (Å²) < 4.78 is 12.0. The standard InChI is InChI=1S/C45H71NO6/c1-14-17-19-31-25-30(26-32(40(31)49)20-18-15-2)21-22-37(48)51-24-23-46-44(10,11)28-33(29-45(46,12)13)38-35(52-36(47)16-3)27-34(42(4,5)6)41(50)39(38)43(7,8)9/h25-27,33,49-50H,14-24,28-29H2,1-13H3. The molecule has 0 aliphatic carbocycles. The van der Waals surface area contributed by atoms with Gasteiger partial charge in [0.1, 0.15) is 23.9 Å². The summed E-state index contributed by atoms with van der Waals surface area (Å²) in [4.78, 5) is 28.3. The highest BCUT2D eigenvalue weighted by Crippen LogP contribution is 2.53. The van der Waals surface area contributed by atoms with Gasteiger partial charge in [-0.3, -0.25) is 14.5 Å². The Morgan fingerprint density at radius 3 is 1.79 bits per heavy atom. The van der Waals surface area contributed by atoms with Crippen molar-refractivity contribution in [2.45, 2.75) is 188 Å². The number of benzene rings is 2. The molecule has 0 aromatic heterocycles. The van der Waals surface area contributed by atoms with Gasteiger partial charge in [-0.15, -0.1) is 0 Å². The number of rotatable bonds is 15. The number of aryl methyl sites for hydroxylation is 3. The molecule has 7 heteroatoms. The summed E-state index contributed by atoms with van der Waals surface area (Å²) in [5, 5.41) is 22.8. The molecule has 1 saturated heterocycles. The summed E-state index contributed by atoms with van der Waals surface area (Å²) in [5.74, 6) is 0.792. The van der Waals surface area contributed by atoms with Crippen molar-refractivity contribution in [3.8, 4) is 17.2 Å². The van der Waals surface area contributed by atoms with Gasteiger partial charge in [0, 0.05) is 47.2 Å². The first-order chi connectivity index (χ1) is 24.1. The van der Waals surface area contributed by atoms with Crippen LogP contribution < -0.4 is 4.74 Å². The van der Waals surface area contributed by atoms with Gasteiger partial charge in [0.2, 0.25) is 0 Å². The van der Waals surface area contributed by atoms with E-state index in [9.17, 15) is 19.8 Å². The normalized spacial score (nSPS) is 16.6. The van der Waals surface area contributed by atoms with E-state index in [1.165, 1.54) is 0 Å². The molecule has 1 fully saturated rings. The number of unbranched alkanes of at least 4 members (excludes halogenated alkanes) is 2. The van der Waals surface area contributed by atoms with E-state index >= 15 is 0 Å². The van der Waals surface area contributed by atoms with Crippen LogP contribution in [0, 0.1) is 0 Å². The molecule has 1 aliphatic heterocycles. The molecule has 0 saturated carbocycles. The maximum absolute atomic E-state index is 13.1. The number of piperidine rings is 1. The second-order valence-electron chi connectivity index (χ2n) is 18.5. The quantitative estimate of drug-likeness (QED) is 0.140. The lowest BCUT2D eigenvalue weighted by Gasteiger charge is -2.56. The van der Waals surface area contributed by atoms with Crippen LogP contribution in [0.5, 0.6) is 17.2 Å². The van der Waals surface area contributed by atoms with Crippen molar-refractivity contribution in [2.75, 3.05) is 13.2 Å². The molecule has 0 atom stereocenters. The van der Waals surface area contributed by atoms with Crippen molar-refractivity contribution in [3.05, 3.63) is 51.6 Å². The number of phenolic OH excluding ortho intramolecular Hbond substituents is 2. The van der Waals surface area contributed by atoms with Gasteiger partial charge in [-0.05, 0) is 112 Å². The van der Waals surface area contributed by atoms with Crippen molar-refractivity contribution < 1.29 is 29.3 Å². The van der Waals surface area contributed by atoms with E-state index in [-0.39, 0.29) is 46.5 Å². The Kier molecular flexibility index (Phi) is 14.5. The van der Waals surface area contributed by atoms with Crippen LogP contribution in [0.25, 0.3) is 0 Å². The lowest BCUT2D eigenvalue weighted by atomic mass is 9.67. The summed E-state index contributed by atoms with van der Waals surface area (Å²) in [7, 11) is 0. The molecule has 2 aromatic carbocycles. The first-order valence-corrected chi connectivity index (χ1v) is 20.0. The van der Waals surface area contributed by atoms with Gasteiger partial charge < -0.3 is 19.7 Å². The molecule has 0 amide bonds. The Hall–Kier alpha value is -3.06. The second-order valence-corrected chi connectivity index (χ2v) is 18.5. The third kappa shape index (κ3) is 10.8. The molecule has 3 rings (SSSR count). The minimum Gasteiger partial charge on any atom is -0.507 e. The zero-order chi connectivity index (χ0) is 39.2. The van der Waals surface area contributed by atoms with Gasteiger partial charge in [0.25, 0.3) is 0 Å². The van der Waals surface area contributed by atoms with Crippen molar-refractivity contribution >= 4 is 11.9 Å². The molecule has 1 heterocycles. The highest BCUT2D eigenvalue weighted by Gasteiger charge is 2.48. The van der Waals surface area contributed by atoms with Crippen LogP contribution in [0.3, 0.4) is 0 Å². The summed E-state index contributed by atoms with van der Waals surface area (Å²) in [5.41, 5.74) is 4.28. The minimum absolute atomic E-state index is 0.0207. The topological polar surface area (TPSA) is 96.3 Å². The molecule has 0 spiro atoms. The summed E-state index contributed by atoms with van der Waals surface area (Å²) in [6.45, 7) is 28.5. The predicted molar refractivity (Wildman–Crippen MR) is 213 cm³/mol. The first-order valence-electron chi connectivity index (χ1n) is 20.0. The van der Waals surface area contributed by atoms with Crippen molar-refractivity contribution in [1.82, 2.24) is 4.90 Å². The predicted octanol–water partition coefficient (Wildman–Crippen LogP) is 10.6. The molecule has 1 aliphatic rings. The Labute approximate surface area is 315 Å². The lowest BCUT2D eigenvalue weighted by Crippen LogP contribution is -2.61. The number of hydrogen-bond donors (Lipinski definition) is 2. The van der Waals surface area contributed by atoms with E-state index in [0.29, 0.717) is 37.5 Å². The van der Waals surface area contributed by atoms with Crippen molar-refractivity contribution in [1.29, 1.82) is 0 Å². The van der Waals surface area contributed by atoms with Crippen LogP contribution in [0.4, 0.5) is 0 Å². The summed E-state index contributed by atoms with van der Waals surface area (Å²) >= 11 is 0. The third-order valence-corrected chi connectivity index (χ3v) is 10.9. The fraction of sp³-hybridized carbons (Fsp3) is 0.689. The van der Waals surface area contributed by atoms with Crippen molar-refractivity contribution in [3.63, 3.8) is 0 Å². The smallest absolute Gasteiger partial charge is 0.310 e. The van der Waals surface area contributed by atoms with E-state index in [1.54, 1.807) is 6.92 Å². The molecule has 0 radical (unpaired) electrons. The van der Waals surface area contributed by atoms with Crippen LogP contribution in [-0.4, -0.2) is 51.3 Å². The number of hydrogen-bond acceptors (Lipinski definition) is 7. The highest BCUT2D eigenvalue weighted by atomic mass is 16.5.